The fourth-order valence-electron chi connectivity index (χ4n) is 2.87. The number of anilines is 1. The second-order valence-electron chi connectivity index (χ2n) is 5.37. The van der Waals surface area contributed by atoms with Gasteiger partial charge < -0.3 is 10.2 Å². The molecule has 0 spiro atoms. The summed E-state index contributed by atoms with van der Waals surface area (Å²) in [5.41, 5.74) is 10.5. The van der Waals surface area contributed by atoms with Crippen molar-refractivity contribution in [2.45, 2.75) is 0 Å². The monoisotopic (exact) mass is 319 g/mol. The Bertz CT molecular complexity index is 1000. The average molecular weight is 320 g/mol. The summed E-state index contributed by atoms with van der Waals surface area (Å²) in [4.78, 5) is 0. The van der Waals surface area contributed by atoms with Crippen LogP contribution >= 0.6 is 11.6 Å². The molecule has 3 aromatic carbocycles. The largest absolute Gasteiger partial charge is 0.455 e. The van der Waals surface area contributed by atoms with Crippen molar-refractivity contribution in [2.75, 3.05) is 5.73 Å². The highest BCUT2D eigenvalue weighted by atomic mass is 35.5. The first-order chi connectivity index (χ1) is 11.3. The Morgan fingerprint density at radius 2 is 1.39 bits per heavy atom. The summed E-state index contributed by atoms with van der Waals surface area (Å²) in [7, 11) is 0. The summed E-state index contributed by atoms with van der Waals surface area (Å²) < 4.78 is 6.14. The number of fused-ring (bicyclic) bond motifs is 1. The molecule has 0 aliphatic carbocycles. The lowest BCUT2D eigenvalue weighted by Crippen LogP contribution is -1.90. The van der Waals surface area contributed by atoms with Gasteiger partial charge in [-0.1, -0.05) is 60.1 Å². The van der Waals surface area contributed by atoms with E-state index < -0.39 is 0 Å². The molecule has 4 aromatic rings. The van der Waals surface area contributed by atoms with Crippen molar-refractivity contribution < 1.29 is 4.42 Å². The summed E-state index contributed by atoms with van der Waals surface area (Å²) in [6.07, 6.45) is 0. The lowest BCUT2D eigenvalue weighted by atomic mass is 9.97. The smallest absolute Gasteiger partial charge is 0.144 e. The van der Waals surface area contributed by atoms with Gasteiger partial charge in [0.2, 0.25) is 0 Å². The minimum Gasteiger partial charge on any atom is -0.455 e. The van der Waals surface area contributed by atoms with Crippen molar-refractivity contribution in [1.82, 2.24) is 0 Å². The van der Waals surface area contributed by atoms with Crippen LogP contribution in [0, 0.1) is 0 Å². The van der Waals surface area contributed by atoms with Crippen LogP contribution in [0.1, 0.15) is 0 Å². The van der Waals surface area contributed by atoms with E-state index in [0.717, 1.165) is 33.4 Å². The number of halogens is 1. The molecular weight excluding hydrogens is 306 g/mol. The summed E-state index contributed by atoms with van der Waals surface area (Å²) in [5, 5.41) is 1.68. The van der Waals surface area contributed by atoms with Crippen LogP contribution in [-0.2, 0) is 0 Å². The van der Waals surface area contributed by atoms with Crippen LogP contribution in [-0.4, -0.2) is 0 Å². The normalized spacial score (nSPS) is 11.0. The molecule has 3 heteroatoms. The van der Waals surface area contributed by atoms with Crippen molar-refractivity contribution in [3.8, 4) is 22.5 Å². The standard InChI is InChI=1S/C20H14ClNO/c21-16-10-4-1-7-13(16)20-19(14-8-2-5-11-17(14)22)15-9-3-6-12-18(15)23-20/h1-12H,22H2. The number of nitrogen functional groups attached to an aromatic ring is 1. The molecule has 0 atom stereocenters. The Balaban J connectivity index is 2.12. The van der Waals surface area contributed by atoms with Gasteiger partial charge in [0.15, 0.2) is 0 Å². The van der Waals surface area contributed by atoms with Crippen LogP contribution in [0.15, 0.2) is 77.2 Å². The molecular formula is C20H14ClNO. The Labute approximate surface area is 139 Å². The topological polar surface area (TPSA) is 39.2 Å². The first kappa shape index (κ1) is 13.9. The third-order valence-corrected chi connectivity index (χ3v) is 4.27. The van der Waals surface area contributed by atoms with E-state index in [4.69, 9.17) is 21.8 Å². The molecule has 0 radical (unpaired) electrons. The van der Waals surface area contributed by atoms with E-state index in [2.05, 4.69) is 0 Å². The van der Waals surface area contributed by atoms with Crippen LogP contribution in [0.25, 0.3) is 33.4 Å². The van der Waals surface area contributed by atoms with Crippen molar-refractivity contribution >= 4 is 28.3 Å². The van der Waals surface area contributed by atoms with Gasteiger partial charge in [-0.05, 0) is 24.3 Å². The van der Waals surface area contributed by atoms with Gasteiger partial charge in [-0.15, -0.1) is 0 Å². The molecule has 2 N–H and O–H groups in total. The van der Waals surface area contributed by atoms with Crippen molar-refractivity contribution in [1.29, 1.82) is 0 Å². The number of hydrogen-bond acceptors (Lipinski definition) is 2. The first-order valence-electron chi connectivity index (χ1n) is 7.37. The number of furan rings is 1. The fraction of sp³-hybridized carbons (Fsp3) is 0. The second-order valence-corrected chi connectivity index (χ2v) is 5.78. The van der Waals surface area contributed by atoms with E-state index in [1.807, 2.05) is 72.8 Å². The van der Waals surface area contributed by atoms with Gasteiger partial charge >= 0.3 is 0 Å². The Morgan fingerprint density at radius 3 is 2.17 bits per heavy atom. The Morgan fingerprint density at radius 1 is 0.739 bits per heavy atom. The van der Waals surface area contributed by atoms with E-state index in [9.17, 15) is 0 Å². The summed E-state index contributed by atoms with van der Waals surface area (Å²) in [5.74, 6) is 0.745. The van der Waals surface area contributed by atoms with Gasteiger partial charge in [0.25, 0.3) is 0 Å². The molecule has 0 saturated heterocycles. The maximum atomic E-state index is 6.39. The predicted molar refractivity (Wildman–Crippen MR) is 96.5 cm³/mol. The van der Waals surface area contributed by atoms with Gasteiger partial charge in [0, 0.05) is 27.8 Å². The molecule has 1 aromatic heterocycles. The SMILES string of the molecule is Nc1ccccc1-c1c(-c2ccccc2Cl)oc2ccccc12. The zero-order chi connectivity index (χ0) is 15.8. The van der Waals surface area contributed by atoms with Gasteiger partial charge in [0.05, 0.1) is 5.02 Å². The van der Waals surface area contributed by atoms with E-state index in [0.29, 0.717) is 10.7 Å². The first-order valence-corrected chi connectivity index (χ1v) is 7.75. The minimum absolute atomic E-state index is 0.655. The predicted octanol–water partition coefficient (Wildman–Crippen LogP) is 6.00. The highest BCUT2D eigenvalue weighted by Crippen LogP contribution is 2.44. The van der Waals surface area contributed by atoms with E-state index in [-0.39, 0.29) is 0 Å². The van der Waals surface area contributed by atoms with Crippen LogP contribution in [0.3, 0.4) is 0 Å². The van der Waals surface area contributed by atoms with Crippen molar-refractivity contribution in [3.05, 3.63) is 77.8 Å². The number of nitrogens with two attached hydrogens (primary N) is 1. The molecule has 0 fully saturated rings. The van der Waals surface area contributed by atoms with Crippen molar-refractivity contribution in [3.63, 3.8) is 0 Å². The van der Waals surface area contributed by atoms with E-state index in [1.54, 1.807) is 0 Å². The maximum Gasteiger partial charge on any atom is 0.144 e. The second kappa shape index (κ2) is 5.49. The van der Waals surface area contributed by atoms with E-state index >= 15 is 0 Å². The molecule has 0 amide bonds. The highest BCUT2D eigenvalue weighted by molar-refractivity contribution is 6.33. The fourth-order valence-corrected chi connectivity index (χ4v) is 3.09. The quantitative estimate of drug-likeness (QED) is 0.460. The summed E-state index contributed by atoms with van der Waals surface area (Å²) in [6, 6.07) is 23.4. The molecule has 2 nitrogen and oxygen atoms in total. The molecule has 0 unspecified atom stereocenters. The molecule has 0 aliphatic rings. The Hall–Kier alpha value is -2.71. The summed E-state index contributed by atoms with van der Waals surface area (Å²) >= 11 is 6.39. The number of para-hydroxylation sites is 2. The zero-order valence-corrected chi connectivity index (χ0v) is 13.0. The molecule has 0 saturated carbocycles. The highest BCUT2D eigenvalue weighted by Gasteiger charge is 2.20. The van der Waals surface area contributed by atoms with Gasteiger partial charge in [-0.2, -0.15) is 0 Å². The van der Waals surface area contributed by atoms with Gasteiger partial charge in [-0.25, -0.2) is 0 Å². The molecule has 112 valence electrons. The molecule has 0 aliphatic heterocycles. The number of rotatable bonds is 2. The molecule has 23 heavy (non-hydrogen) atoms. The number of hydrogen-bond donors (Lipinski definition) is 1. The lowest BCUT2D eigenvalue weighted by Gasteiger charge is -2.08. The lowest BCUT2D eigenvalue weighted by molar-refractivity contribution is 0.632. The third kappa shape index (κ3) is 2.28. The number of benzene rings is 3. The third-order valence-electron chi connectivity index (χ3n) is 3.94. The Kier molecular flexibility index (Phi) is 3.32. The summed E-state index contributed by atoms with van der Waals surface area (Å²) in [6.45, 7) is 0. The van der Waals surface area contributed by atoms with Crippen LogP contribution in [0.2, 0.25) is 5.02 Å². The van der Waals surface area contributed by atoms with E-state index in [1.165, 1.54) is 0 Å². The van der Waals surface area contributed by atoms with Gasteiger partial charge in [0.1, 0.15) is 11.3 Å². The van der Waals surface area contributed by atoms with Crippen LogP contribution in [0.5, 0.6) is 0 Å². The zero-order valence-electron chi connectivity index (χ0n) is 12.3. The maximum absolute atomic E-state index is 6.39. The van der Waals surface area contributed by atoms with Crippen LogP contribution in [0.4, 0.5) is 5.69 Å². The van der Waals surface area contributed by atoms with Crippen LogP contribution < -0.4 is 5.73 Å². The molecule has 1 heterocycles. The van der Waals surface area contributed by atoms with Gasteiger partial charge in [-0.3, -0.25) is 0 Å². The average Bonchev–Trinajstić information content (AvgIpc) is 2.95. The van der Waals surface area contributed by atoms with Crippen molar-refractivity contribution in [2.24, 2.45) is 0 Å². The molecule has 0 bridgehead atoms. The minimum atomic E-state index is 0.655. The molecule has 4 rings (SSSR count).